The maximum absolute atomic E-state index is 10.0. The number of phenols is 1. The lowest BCUT2D eigenvalue weighted by Gasteiger charge is -2.25. The Hall–Kier alpha value is -1.26. The molecule has 0 spiro atoms. The molecule has 4 heteroatoms. The zero-order valence-corrected chi connectivity index (χ0v) is 11.1. The van der Waals surface area contributed by atoms with Crippen LogP contribution in [0.2, 0.25) is 0 Å². The molecule has 1 saturated carbocycles. The minimum atomic E-state index is -0.146. The van der Waals surface area contributed by atoms with Crippen molar-refractivity contribution >= 4 is 5.69 Å². The lowest BCUT2D eigenvalue weighted by Crippen LogP contribution is -2.29. The molecule has 0 heterocycles. The molecule has 0 radical (unpaired) electrons. The first kappa shape index (κ1) is 13.2. The van der Waals surface area contributed by atoms with Crippen molar-refractivity contribution in [2.24, 2.45) is 5.73 Å². The highest BCUT2D eigenvalue weighted by Gasteiger charge is 2.29. The predicted molar refractivity (Wildman–Crippen MR) is 73.0 cm³/mol. The van der Waals surface area contributed by atoms with E-state index in [4.69, 9.17) is 10.5 Å². The average Bonchev–Trinajstić information content (AvgIpc) is 3.13. The predicted octanol–water partition coefficient (Wildman–Crippen LogP) is 2.03. The number of nitrogens with two attached hydrogens (primary N) is 1. The van der Waals surface area contributed by atoms with Gasteiger partial charge in [-0.3, -0.25) is 0 Å². The van der Waals surface area contributed by atoms with Crippen LogP contribution in [-0.4, -0.2) is 31.4 Å². The summed E-state index contributed by atoms with van der Waals surface area (Å²) < 4.78 is 5.14. The van der Waals surface area contributed by atoms with Crippen LogP contribution in [0, 0.1) is 0 Å². The molecule has 100 valence electrons. The highest BCUT2D eigenvalue weighted by atomic mass is 16.5. The topological polar surface area (TPSA) is 58.7 Å². The number of hydrogen-bond donors (Lipinski definition) is 2. The van der Waals surface area contributed by atoms with Gasteiger partial charge in [-0.1, -0.05) is 6.07 Å². The summed E-state index contributed by atoms with van der Waals surface area (Å²) in [5.74, 6) is 0.283. The third kappa shape index (κ3) is 2.94. The largest absolute Gasteiger partial charge is 0.508 e. The van der Waals surface area contributed by atoms with Crippen molar-refractivity contribution in [2.75, 3.05) is 25.2 Å². The number of ether oxygens (including phenoxy) is 1. The van der Waals surface area contributed by atoms with Crippen molar-refractivity contribution in [1.82, 2.24) is 0 Å². The molecule has 0 bridgehead atoms. The number of aromatic hydroxyl groups is 1. The van der Waals surface area contributed by atoms with Crippen LogP contribution >= 0.6 is 0 Å². The molecular formula is C14H22N2O2. The van der Waals surface area contributed by atoms with Crippen LogP contribution in [-0.2, 0) is 4.74 Å². The Morgan fingerprint density at radius 2 is 2.22 bits per heavy atom. The zero-order valence-electron chi connectivity index (χ0n) is 11.1. The second kappa shape index (κ2) is 5.59. The molecule has 1 aromatic rings. The summed E-state index contributed by atoms with van der Waals surface area (Å²) in [6.45, 7) is 3.43. The highest BCUT2D eigenvalue weighted by molar-refractivity contribution is 5.55. The SMILES string of the molecule is COCCN(c1ccc(C(C)N)c(O)c1)C1CC1. The van der Waals surface area contributed by atoms with Crippen LogP contribution in [0.3, 0.4) is 0 Å². The number of nitrogens with zero attached hydrogens (tertiary/aromatic N) is 1. The number of phenolic OH excluding ortho intramolecular Hbond substituents is 1. The van der Waals surface area contributed by atoms with E-state index in [1.54, 1.807) is 7.11 Å². The molecule has 0 aliphatic heterocycles. The van der Waals surface area contributed by atoms with Crippen LogP contribution < -0.4 is 10.6 Å². The molecule has 1 aliphatic rings. The Morgan fingerprint density at radius 1 is 1.50 bits per heavy atom. The van der Waals surface area contributed by atoms with Gasteiger partial charge in [-0.15, -0.1) is 0 Å². The second-order valence-corrected chi connectivity index (χ2v) is 4.95. The smallest absolute Gasteiger partial charge is 0.122 e. The van der Waals surface area contributed by atoms with Gasteiger partial charge < -0.3 is 20.5 Å². The van der Waals surface area contributed by atoms with E-state index in [9.17, 15) is 5.11 Å². The van der Waals surface area contributed by atoms with Crippen molar-refractivity contribution in [3.63, 3.8) is 0 Å². The van der Waals surface area contributed by atoms with Crippen molar-refractivity contribution in [3.05, 3.63) is 23.8 Å². The minimum Gasteiger partial charge on any atom is -0.508 e. The number of benzene rings is 1. The molecule has 1 aliphatic carbocycles. The van der Waals surface area contributed by atoms with E-state index in [1.165, 1.54) is 12.8 Å². The van der Waals surface area contributed by atoms with Crippen molar-refractivity contribution in [2.45, 2.75) is 31.8 Å². The van der Waals surface area contributed by atoms with Gasteiger partial charge in [0, 0.05) is 43.1 Å². The van der Waals surface area contributed by atoms with Gasteiger partial charge >= 0.3 is 0 Å². The third-order valence-electron chi connectivity index (χ3n) is 3.36. The standard InChI is InChI=1S/C14H22N2O2/c1-10(15)13-6-5-12(9-14(13)17)16(7-8-18-2)11-3-4-11/h5-6,9-11,17H,3-4,7-8,15H2,1-2H3. The van der Waals surface area contributed by atoms with E-state index in [0.29, 0.717) is 12.6 Å². The molecule has 4 nitrogen and oxygen atoms in total. The Bertz CT molecular complexity index is 403. The van der Waals surface area contributed by atoms with Gasteiger partial charge in [-0.05, 0) is 25.8 Å². The van der Waals surface area contributed by atoms with Crippen LogP contribution in [0.4, 0.5) is 5.69 Å². The lowest BCUT2D eigenvalue weighted by molar-refractivity contribution is 0.205. The Morgan fingerprint density at radius 3 is 2.72 bits per heavy atom. The van der Waals surface area contributed by atoms with Crippen LogP contribution in [0.1, 0.15) is 31.4 Å². The number of anilines is 1. The van der Waals surface area contributed by atoms with Crippen molar-refractivity contribution in [3.8, 4) is 5.75 Å². The first-order chi connectivity index (χ1) is 8.63. The van der Waals surface area contributed by atoms with Gasteiger partial charge in [0.25, 0.3) is 0 Å². The molecular weight excluding hydrogens is 228 g/mol. The van der Waals surface area contributed by atoms with E-state index < -0.39 is 0 Å². The van der Waals surface area contributed by atoms with E-state index in [0.717, 1.165) is 17.8 Å². The van der Waals surface area contributed by atoms with Crippen molar-refractivity contribution < 1.29 is 9.84 Å². The monoisotopic (exact) mass is 250 g/mol. The Labute approximate surface area is 108 Å². The summed E-state index contributed by atoms with van der Waals surface area (Å²) in [5.41, 5.74) is 7.64. The van der Waals surface area contributed by atoms with Gasteiger partial charge in [0.15, 0.2) is 0 Å². The molecule has 1 atom stereocenters. The average molecular weight is 250 g/mol. The Balaban J connectivity index is 2.17. The third-order valence-corrected chi connectivity index (χ3v) is 3.36. The van der Waals surface area contributed by atoms with Crippen molar-refractivity contribution in [1.29, 1.82) is 0 Å². The summed E-state index contributed by atoms with van der Waals surface area (Å²) >= 11 is 0. The molecule has 0 aromatic heterocycles. The first-order valence-corrected chi connectivity index (χ1v) is 6.47. The minimum absolute atomic E-state index is 0.146. The van der Waals surface area contributed by atoms with Crippen LogP contribution in [0.15, 0.2) is 18.2 Å². The maximum Gasteiger partial charge on any atom is 0.122 e. The van der Waals surface area contributed by atoms with E-state index in [-0.39, 0.29) is 11.8 Å². The fraction of sp³-hybridized carbons (Fsp3) is 0.571. The zero-order chi connectivity index (χ0) is 13.1. The summed E-state index contributed by atoms with van der Waals surface area (Å²) in [4.78, 5) is 2.30. The van der Waals surface area contributed by atoms with E-state index in [1.807, 2.05) is 25.1 Å². The molecule has 0 amide bonds. The lowest BCUT2D eigenvalue weighted by atomic mass is 10.1. The van der Waals surface area contributed by atoms with E-state index >= 15 is 0 Å². The van der Waals surface area contributed by atoms with Gasteiger partial charge in [-0.2, -0.15) is 0 Å². The second-order valence-electron chi connectivity index (χ2n) is 4.95. The molecule has 0 saturated heterocycles. The fourth-order valence-corrected chi connectivity index (χ4v) is 2.19. The molecule has 1 unspecified atom stereocenters. The molecule has 2 rings (SSSR count). The summed E-state index contributed by atoms with van der Waals surface area (Å²) in [5, 5.41) is 10.0. The van der Waals surface area contributed by atoms with Gasteiger partial charge in [-0.25, -0.2) is 0 Å². The molecule has 1 aromatic carbocycles. The summed E-state index contributed by atoms with van der Waals surface area (Å²) in [6.07, 6.45) is 2.44. The first-order valence-electron chi connectivity index (χ1n) is 6.47. The Kier molecular flexibility index (Phi) is 4.09. The molecule has 18 heavy (non-hydrogen) atoms. The number of methoxy groups -OCH3 is 1. The van der Waals surface area contributed by atoms with Gasteiger partial charge in [0.05, 0.1) is 6.61 Å². The number of hydrogen-bond acceptors (Lipinski definition) is 4. The van der Waals surface area contributed by atoms with Crippen LogP contribution in [0.25, 0.3) is 0 Å². The van der Waals surface area contributed by atoms with E-state index in [2.05, 4.69) is 4.90 Å². The maximum atomic E-state index is 10.0. The molecule has 1 fully saturated rings. The fourth-order valence-electron chi connectivity index (χ4n) is 2.19. The highest BCUT2D eigenvalue weighted by Crippen LogP contribution is 2.34. The quantitative estimate of drug-likeness (QED) is 0.811. The summed E-state index contributed by atoms with van der Waals surface area (Å²) in [6, 6.07) is 6.21. The normalized spacial score (nSPS) is 16.6. The van der Waals surface area contributed by atoms with Crippen LogP contribution in [0.5, 0.6) is 5.75 Å². The van der Waals surface area contributed by atoms with Gasteiger partial charge in [0.2, 0.25) is 0 Å². The number of rotatable bonds is 6. The summed E-state index contributed by atoms with van der Waals surface area (Å²) in [7, 11) is 1.71. The molecule has 3 N–H and O–H groups in total. The van der Waals surface area contributed by atoms with Gasteiger partial charge in [0.1, 0.15) is 5.75 Å².